The maximum Gasteiger partial charge on any atom is 0 e. The van der Waals surface area contributed by atoms with E-state index in [2.05, 4.69) is 0 Å². The smallest absolute Gasteiger partial charge is 0 e. The van der Waals surface area contributed by atoms with Gasteiger partial charge in [0.2, 0.25) is 0 Å². The van der Waals surface area contributed by atoms with Crippen molar-refractivity contribution in [3.05, 3.63) is 0 Å². The molecule has 41 valence electrons. The molecule has 0 aliphatic heterocycles. The van der Waals surface area contributed by atoms with E-state index in [1.54, 1.807) is 0 Å². The van der Waals surface area contributed by atoms with Gasteiger partial charge in [-0.3, -0.25) is 0 Å². The summed E-state index contributed by atoms with van der Waals surface area (Å²) >= 11 is 0. The molecule has 0 saturated carbocycles. The van der Waals surface area contributed by atoms with E-state index in [9.17, 15) is 0 Å². The summed E-state index contributed by atoms with van der Waals surface area (Å²) in [6, 6.07) is 0. The second-order valence-electron chi connectivity index (χ2n) is 0. The van der Waals surface area contributed by atoms with Crippen LogP contribution in [0.25, 0.3) is 0 Å². The topological polar surface area (TPSA) is 0 Å². The molecule has 0 spiro atoms. The summed E-state index contributed by atoms with van der Waals surface area (Å²) < 4.78 is 0. The van der Waals surface area contributed by atoms with Gasteiger partial charge >= 0.3 is 0 Å². The Morgan fingerprint density at radius 2 is 1.00 bits per heavy atom. The number of rotatable bonds is 0. The second-order valence-corrected chi connectivity index (χ2v) is 0. The summed E-state index contributed by atoms with van der Waals surface area (Å²) in [6.45, 7) is 0. The molecule has 5 radical (unpaired) electrons. The Balaban J connectivity index is 0. The summed E-state index contributed by atoms with van der Waals surface area (Å²) in [4.78, 5) is 0. The Labute approximate surface area is 89.4 Å². The molecule has 0 nitrogen and oxygen atoms in total. The third-order valence-corrected chi connectivity index (χ3v) is 0. The van der Waals surface area contributed by atoms with E-state index in [1.807, 2.05) is 0 Å². The summed E-state index contributed by atoms with van der Waals surface area (Å²) in [5.41, 5.74) is 0. The van der Waals surface area contributed by atoms with Gasteiger partial charge in [-0.25, -0.2) is 0 Å². The van der Waals surface area contributed by atoms with Gasteiger partial charge in [-0.05, 0) is 0 Å². The minimum Gasteiger partial charge on any atom is -0.0776 e. The normalized spacial score (nSPS) is 0. The molecule has 0 unspecified atom stereocenters. The van der Waals surface area contributed by atoms with Crippen molar-refractivity contribution >= 4 is 11.0 Å². The molecule has 0 fully saturated rings. The Bertz CT molecular complexity index is 15.5. The van der Waals surface area contributed by atoms with Crippen LogP contribution in [-0.4, -0.2) is 11.0 Å². The maximum atomic E-state index is 0. The van der Waals surface area contributed by atoms with Gasteiger partial charge in [-0.2, -0.15) is 0 Å². The molecule has 6 heavy (non-hydrogen) atoms. The first kappa shape index (κ1) is 78.1. The molecule has 0 bridgehead atoms. The van der Waals surface area contributed by atoms with E-state index in [1.165, 1.54) is 0 Å². The van der Waals surface area contributed by atoms with Crippen LogP contribution in [0.2, 0.25) is 0 Å². The molecule has 0 saturated heterocycles. The van der Waals surface area contributed by atoms with Gasteiger partial charge < -0.3 is 0 Å². The minimum atomic E-state index is 0. The van der Waals surface area contributed by atoms with Crippen molar-refractivity contribution < 1.29 is 72.0 Å². The Morgan fingerprint density at radius 1 is 1.00 bits per heavy atom. The van der Waals surface area contributed by atoms with Gasteiger partial charge in [0.15, 0.2) is 0 Å². The van der Waals surface area contributed by atoms with Gasteiger partial charge in [-0.1, -0.05) is 7.43 Å². The molecule has 0 aromatic rings. The number of hydrogen-bond donors (Lipinski definition) is 0. The second kappa shape index (κ2) is 51.6. The molecule has 0 aliphatic carbocycles. The largest absolute Gasteiger partial charge is 0.0776 e. The zero-order valence-electron chi connectivity index (χ0n) is 2.01. The standard InChI is InChI=1S/CH4.Cr.Mn.Mo.Ni.Si/h1H4;;;;;. The number of hydrogen-bond acceptors (Lipinski definition) is 0. The van der Waals surface area contributed by atoms with E-state index in [0.717, 1.165) is 0 Å². The molecule has 0 aliphatic rings. The van der Waals surface area contributed by atoms with Crippen molar-refractivity contribution in [2.24, 2.45) is 0 Å². The third kappa shape index (κ3) is 31.9. The summed E-state index contributed by atoms with van der Waals surface area (Å²) in [5.74, 6) is 0. The van der Waals surface area contributed by atoms with Crippen molar-refractivity contribution in [3.63, 3.8) is 0 Å². The van der Waals surface area contributed by atoms with Crippen LogP contribution < -0.4 is 0 Å². The Hall–Kier alpha value is 2.45. The molecule has 0 atom stereocenters. The first-order chi connectivity index (χ1) is 0. The monoisotopic (exact) mass is 307 g/mol. The molecular formula is CH4CrMnMoNiSi. The maximum absolute atomic E-state index is 0. The zero-order chi connectivity index (χ0) is 0. The molecule has 0 N–H and O–H groups in total. The van der Waals surface area contributed by atoms with Crippen LogP contribution in [0.1, 0.15) is 7.43 Å². The van der Waals surface area contributed by atoms with Crippen LogP contribution in [0.4, 0.5) is 0 Å². The molecular weight excluding hydrogens is 302 g/mol. The SMILES string of the molecule is C.[Cr].[Mn].[Mo].[Ni].[Si]. The van der Waals surface area contributed by atoms with Gasteiger partial charge in [-0.15, -0.1) is 0 Å². The summed E-state index contributed by atoms with van der Waals surface area (Å²) in [7, 11) is 0. The van der Waals surface area contributed by atoms with E-state index in [0.29, 0.717) is 0 Å². The van der Waals surface area contributed by atoms with Crippen molar-refractivity contribution in [1.82, 2.24) is 0 Å². The molecule has 0 rings (SSSR count). The van der Waals surface area contributed by atoms with Crippen LogP contribution in [0, 0.1) is 0 Å². The van der Waals surface area contributed by atoms with Crippen LogP contribution in [0.5, 0.6) is 0 Å². The minimum absolute atomic E-state index is 0. The van der Waals surface area contributed by atoms with Crippen LogP contribution >= 0.6 is 0 Å². The summed E-state index contributed by atoms with van der Waals surface area (Å²) in [6.07, 6.45) is 0. The van der Waals surface area contributed by atoms with Gasteiger partial charge in [0.25, 0.3) is 0 Å². The average molecular weight is 306 g/mol. The molecule has 5 heteroatoms. The third-order valence-electron chi connectivity index (χ3n) is 0. The molecule has 0 aromatic carbocycles. The first-order valence-corrected chi connectivity index (χ1v) is 0. The fraction of sp³-hybridized carbons (Fsp3) is 1.00. The van der Waals surface area contributed by atoms with E-state index in [-0.39, 0.29) is 90.4 Å². The van der Waals surface area contributed by atoms with E-state index < -0.39 is 0 Å². The van der Waals surface area contributed by atoms with Gasteiger partial charge in [0, 0.05) is 83.0 Å². The zero-order valence-corrected chi connectivity index (χ0v) is 8.46. The first-order valence-electron chi connectivity index (χ1n) is 0. The predicted molar refractivity (Wildman–Crippen MR) is 12.5 cm³/mol. The van der Waals surface area contributed by atoms with Crippen LogP contribution in [0.15, 0.2) is 0 Å². The Kier molecular flexibility index (Phi) is 672. The molecule has 0 amide bonds. The fourth-order valence-corrected chi connectivity index (χ4v) is 0. The van der Waals surface area contributed by atoms with Crippen molar-refractivity contribution in [2.75, 3.05) is 0 Å². The summed E-state index contributed by atoms with van der Waals surface area (Å²) in [5, 5.41) is 0. The van der Waals surface area contributed by atoms with Crippen LogP contribution in [-0.2, 0) is 72.0 Å². The van der Waals surface area contributed by atoms with Crippen molar-refractivity contribution in [2.45, 2.75) is 7.43 Å². The Morgan fingerprint density at radius 3 is 1.00 bits per heavy atom. The van der Waals surface area contributed by atoms with E-state index >= 15 is 0 Å². The van der Waals surface area contributed by atoms with Gasteiger partial charge in [0.05, 0.1) is 0 Å². The van der Waals surface area contributed by atoms with Gasteiger partial charge in [0.1, 0.15) is 0 Å². The average Bonchev–Trinajstić information content (AvgIpc) is 0. The fourth-order valence-electron chi connectivity index (χ4n) is 0. The van der Waals surface area contributed by atoms with Crippen molar-refractivity contribution in [1.29, 1.82) is 0 Å². The van der Waals surface area contributed by atoms with Crippen molar-refractivity contribution in [3.8, 4) is 0 Å². The molecule has 0 aromatic heterocycles. The van der Waals surface area contributed by atoms with E-state index in [4.69, 9.17) is 0 Å². The van der Waals surface area contributed by atoms with Crippen LogP contribution in [0.3, 0.4) is 0 Å². The predicted octanol–water partition coefficient (Wildman–Crippen LogP) is 0.245. The quantitative estimate of drug-likeness (QED) is 0.563. The molecule has 0 heterocycles.